The van der Waals surface area contributed by atoms with Crippen molar-refractivity contribution >= 4 is 6.72 Å². The number of aryl methyl sites for hydroxylation is 1. The van der Waals surface area contributed by atoms with Gasteiger partial charge < -0.3 is 9.25 Å². The molecular formula is C11H11N3O2. The summed E-state index contributed by atoms with van der Waals surface area (Å²) in [5.74, 6) is 0.852. The molecule has 0 amide bonds. The molecule has 0 spiro atoms. The maximum Gasteiger partial charge on any atom is 0.257 e. The van der Waals surface area contributed by atoms with Gasteiger partial charge in [0.1, 0.15) is 0 Å². The van der Waals surface area contributed by atoms with Crippen molar-refractivity contribution in [2.24, 2.45) is 5.16 Å². The third-order valence-corrected chi connectivity index (χ3v) is 2.04. The normalized spacial score (nSPS) is 10.1. The first-order valence-corrected chi connectivity index (χ1v) is 4.77. The molecule has 1 heterocycles. The molecule has 0 aliphatic carbocycles. The Morgan fingerprint density at radius 3 is 2.75 bits per heavy atom. The van der Waals surface area contributed by atoms with Crippen LogP contribution in [-0.2, 0) is 11.4 Å². The van der Waals surface area contributed by atoms with Gasteiger partial charge in [-0.05, 0) is 19.1 Å². The van der Waals surface area contributed by atoms with E-state index >= 15 is 0 Å². The van der Waals surface area contributed by atoms with Crippen molar-refractivity contribution in [3.8, 4) is 11.5 Å². The minimum absolute atomic E-state index is 0.141. The lowest BCUT2D eigenvalue weighted by Gasteiger charge is -1.95. The fourth-order valence-corrected chi connectivity index (χ4v) is 1.23. The highest BCUT2D eigenvalue weighted by Gasteiger charge is 2.08. The van der Waals surface area contributed by atoms with Crippen molar-refractivity contribution in [3.63, 3.8) is 0 Å². The van der Waals surface area contributed by atoms with Crippen molar-refractivity contribution in [2.45, 2.75) is 13.5 Å². The van der Waals surface area contributed by atoms with Crippen LogP contribution >= 0.6 is 0 Å². The zero-order chi connectivity index (χ0) is 11.4. The van der Waals surface area contributed by atoms with Gasteiger partial charge in [0, 0.05) is 12.3 Å². The molecule has 1 aromatic heterocycles. The number of rotatable bonds is 4. The van der Waals surface area contributed by atoms with Crippen molar-refractivity contribution in [1.29, 1.82) is 0 Å². The first kappa shape index (κ1) is 10.4. The predicted octanol–water partition coefficient (Wildman–Crippen LogP) is 2.18. The number of hydrogen-bond donors (Lipinski definition) is 0. The van der Waals surface area contributed by atoms with Crippen LogP contribution in [0.2, 0.25) is 0 Å². The van der Waals surface area contributed by atoms with E-state index in [2.05, 4.69) is 22.1 Å². The maximum absolute atomic E-state index is 5.38. The topological polar surface area (TPSA) is 60.5 Å². The fraction of sp³-hybridized carbons (Fsp3) is 0.182. The van der Waals surface area contributed by atoms with Gasteiger partial charge in [0.15, 0.2) is 6.61 Å². The molecule has 0 bridgehead atoms. The van der Waals surface area contributed by atoms with Crippen molar-refractivity contribution < 1.29 is 9.25 Å². The maximum atomic E-state index is 5.38. The Hall–Kier alpha value is -2.17. The second kappa shape index (κ2) is 4.57. The molecule has 16 heavy (non-hydrogen) atoms. The molecule has 0 aliphatic heterocycles. The Kier molecular flexibility index (Phi) is 2.95. The van der Waals surface area contributed by atoms with Crippen LogP contribution in [0.1, 0.15) is 11.5 Å². The van der Waals surface area contributed by atoms with E-state index in [1.165, 1.54) is 5.56 Å². The van der Waals surface area contributed by atoms with Crippen LogP contribution < -0.4 is 0 Å². The summed E-state index contributed by atoms with van der Waals surface area (Å²) < 4.78 is 5.38. The summed E-state index contributed by atoms with van der Waals surface area (Å²) >= 11 is 0. The van der Waals surface area contributed by atoms with E-state index in [9.17, 15) is 0 Å². The molecule has 0 saturated heterocycles. The monoisotopic (exact) mass is 217 g/mol. The van der Waals surface area contributed by atoms with Crippen LogP contribution in [0.3, 0.4) is 0 Å². The number of benzene rings is 1. The molecule has 2 aromatic rings. The van der Waals surface area contributed by atoms with Gasteiger partial charge in [0.05, 0.1) is 0 Å². The lowest BCUT2D eigenvalue weighted by molar-refractivity contribution is 0.113. The zero-order valence-electron chi connectivity index (χ0n) is 8.88. The second-order valence-corrected chi connectivity index (χ2v) is 3.27. The first-order chi connectivity index (χ1) is 7.79. The van der Waals surface area contributed by atoms with Crippen LogP contribution in [0.4, 0.5) is 0 Å². The van der Waals surface area contributed by atoms with Crippen molar-refractivity contribution in [3.05, 3.63) is 35.7 Å². The minimum Gasteiger partial charge on any atom is -0.417 e. The quantitative estimate of drug-likeness (QED) is 0.581. The lowest BCUT2D eigenvalue weighted by Crippen LogP contribution is -1.85. The Morgan fingerprint density at radius 2 is 2.06 bits per heavy atom. The largest absolute Gasteiger partial charge is 0.417 e. The molecule has 0 atom stereocenters. The van der Waals surface area contributed by atoms with Gasteiger partial charge in [-0.1, -0.05) is 17.7 Å². The first-order valence-electron chi connectivity index (χ1n) is 4.77. The van der Waals surface area contributed by atoms with Gasteiger partial charge in [0.25, 0.3) is 5.89 Å². The molecule has 5 heteroatoms. The van der Waals surface area contributed by atoms with Crippen LogP contribution in [0.25, 0.3) is 11.5 Å². The molecule has 0 N–H and O–H groups in total. The lowest BCUT2D eigenvalue weighted by atomic mass is 10.1. The molecule has 0 radical (unpaired) electrons. The van der Waals surface area contributed by atoms with Crippen LogP contribution in [0.15, 0.2) is 33.8 Å². The molecule has 0 unspecified atom stereocenters. The average Bonchev–Trinajstić information content (AvgIpc) is 2.76. The molecule has 2 rings (SSSR count). The third kappa shape index (κ3) is 2.25. The Balaban J connectivity index is 2.17. The third-order valence-electron chi connectivity index (χ3n) is 2.04. The Labute approximate surface area is 92.7 Å². The summed E-state index contributed by atoms with van der Waals surface area (Å²) in [5.41, 5.74) is 2.07. The SMILES string of the molecule is C=NOCc1nnc(-c2ccc(C)cc2)o1. The average molecular weight is 217 g/mol. The molecule has 82 valence electrons. The summed E-state index contributed by atoms with van der Waals surface area (Å²) in [4.78, 5) is 4.71. The molecule has 0 fully saturated rings. The van der Waals surface area contributed by atoms with E-state index in [1.807, 2.05) is 31.2 Å². The van der Waals surface area contributed by atoms with Crippen LogP contribution in [0.5, 0.6) is 0 Å². The number of hydrogen-bond acceptors (Lipinski definition) is 5. The van der Waals surface area contributed by atoms with Gasteiger partial charge in [-0.15, -0.1) is 15.4 Å². The summed E-state index contributed by atoms with van der Waals surface area (Å²) in [6, 6.07) is 7.83. The van der Waals surface area contributed by atoms with Crippen LogP contribution in [-0.4, -0.2) is 16.9 Å². The van der Waals surface area contributed by atoms with E-state index in [0.717, 1.165) is 5.56 Å². The van der Waals surface area contributed by atoms with Gasteiger partial charge >= 0.3 is 0 Å². The van der Waals surface area contributed by atoms with Gasteiger partial charge in [-0.3, -0.25) is 0 Å². The van der Waals surface area contributed by atoms with E-state index < -0.39 is 0 Å². The zero-order valence-corrected chi connectivity index (χ0v) is 8.88. The molecule has 5 nitrogen and oxygen atoms in total. The standard InChI is InChI=1S/C11H11N3O2/c1-8-3-5-9(6-4-8)11-14-13-10(16-11)7-15-12-2/h3-6H,2,7H2,1H3. The van der Waals surface area contributed by atoms with Crippen molar-refractivity contribution in [2.75, 3.05) is 0 Å². The van der Waals surface area contributed by atoms with Gasteiger partial charge in [-0.25, -0.2) is 0 Å². The number of aromatic nitrogens is 2. The van der Waals surface area contributed by atoms with E-state index in [-0.39, 0.29) is 6.61 Å². The van der Waals surface area contributed by atoms with Gasteiger partial charge in [-0.2, -0.15) is 0 Å². The molecular weight excluding hydrogens is 206 g/mol. The molecule has 0 saturated carbocycles. The minimum atomic E-state index is 0.141. The van der Waals surface area contributed by atoms with E-state index in [1.54, 1.807) is 0 Å². The smallest absolute Gasteiger partial charge is 0.257 e. The predicted molar refractivity (Wildman–Crippen MR) is 58.8 cm³/mol. The highest BCUT2D eigenvalue weighted by atomic mass is 16.6. The highest BCUT2D eigenvalue weighted by molar-refractivity contribution is 5.52. The molecule has 1 aromatic carbocycles. The summed E-state index contributed by atoms with van der Waals surface area (Å²) in [6.45, 7) is 5.35. The summed E-state index contributed by atoms with van der Waals surface area (Å²) in [5, 5.41) is 11.0. The molecule has 0 aliphatic rings. The van der Waals surface area contributed by atoms with Crippen LogP contribution in [0, 0.1) is 6.92 Å². The van der Waals surface area contributed by atoms with Gasteiger partial charge in [0.2, 0.25) is 5.89 Å². The second-order valence-electron chi connectivity index (χ2n) is 3.27. The Bertz CT molecular complexity index is 476. The fourth-order valence-electron chi connectivity index (χ4n) is 1.23. The van der Waals surface area contributed by atoms with Crippen molar-refractivity contribution in [1.82, 2.24) is 10.2 Å². The Morgan fingerprint density at radius 1 is 1.31 bits per heavy atom. The number of nitrogens with zero attached hydrogens (tertiary/aromatic N) is 3. The summed E-state index contributed by atoms with van der Waals surface area (Å²) in [7, 11) is 0. The summed E-state index contributed by atoms with van der Waals surface area (Å²) in [6.07, 6.45) is 0. The number of oxime groups is 1. The van der Waals surface area contributed by atoms with E-state index in [4.69, 9.17) is 9.25 Å². The highest BCUT2D eigenvalue weighted by Crippen LogP contribution is 2.18. The van der Waals surface area contributed by atoms with E-state index in [0.29, 0.717) is 11.8 Å².